The van der Waals surface area contributed by atoms with Crippen LogP contribution >= 0.6 is 27.7 Å². The highest BCUT2D eigenvalue weighted by molar-refractivity contribution is 9.10. The summed E-state index contributed by atoms with van der Waals surface area (Å²) in [6.45, 7) is 4.53. The number of benzene rings is 3. The maximum Gasteiger partial charge on any atom is 0.294 e. The molecule has 0 spiro atoms. The number of anilines is 3. The lowest BCUT2D eigenvalue weighted by molar-refractivity contribution is -0.384. The molecule has 0 aromatic heterocycles. The normalized spacial score (nSPS) is 13.6. The summed E-state index contributed by atoms with van der Waals surface area (Å²) in [6, 6.07) is 17.7. The van der Waals surface area contributed by atoms with Gasteiger partial charge in [0.25, 0.3) is 22.7 Å². The molecular weight excluding hydrogens is 654 g/mol. The molecule has 1 aliphatic rings. The van der Waals surface area contributed by atoms with E-state index in [2.05, 4.69) is 31.5 Å². The molecule has 0 aliphatic carbocycles. The Bertz CT molecular complexity index is 1630. The van der Waals surface area contributed by atoms with Crippen molar-refractivity contribution >= 4 is 79.5 Å². The molecule has 1 aliphatic heterocycles. The van der Waals surface area contributed by atoms with Gasteiger partial charge in [0.2, 0.25) is 5.91 Å². The van der Waals surface area contributed by atoms with Crippen molar-refractivity contribution in [1.82, 2.24) is 4.90 Å². The Labute approximate surface area is 265 Å². The lowest BCUT2D eigenvalue weighted by atomic mass is 10.1. The van der Waals surface area contributed by atoms with Crippen LogP contribution in [0.2, 0.25) is 0 Å². The average molecular weight is 683 g/mol. The Balaban J connectivity index is 1.51. The first kappa shape index (κ1) is 32.2. The van der Waals surface area contributed by atoms with Gasteiger partial charge in [-0.05, 0) is 74.1 Å². The van der Waals surface area contributed by atoms with Crippen LogP contribution in [0, 0.1) is 10.1 Å². The number of rotatable bonds is 12. The zero-order valence-corrected chi connectivity index (χ0v) is 26.1. The van der Waals surface area contributed by atoms with E-state index >= 15 is 0 Å². The number of nitrogens with zero attached hydrogens (tertiary/aromatic N) is 3. The Morgan fingerprint density at radius 2 is 1.70 bits per heavy atom. The lowest BCUT2D eigenvalue weighted by Gasteiger charge is -2.22. The SMILES string of the molecule is CCN(CC)c1ccc(/C=C2/SC(=O)N(CC(=O)Nc3ccc(Br)cc3)C2=O)c(OCC(=O)Nc2cccc([N+](=O)[O-])c2)c1. The highest BCUT2D eigenvalue weighted by atomic mass is 79.9. The third-order valence-electron chi connectivity index (χ3n) is 6.42. The maximum absolute atomic E-state index is 13.1. The van der Waals surface area contributed by atoms with Gasteiger partial charge in [0.15, 0.2) is 6.61 Å². The third kappa shape index (κ3) is 8.23. The number of carbonyl (C=O) groups is 4. The van der Waals surface area contributed by atoms with Gasteiger partial charge in [0.05, 0.1) is 9.83 Å². The largest absolute Gasteiger partial charge is 0.483 e. The summed E-state index contributed by atoms with van der Waals surface area (Å²) in [6.07, 6.45) is 1.48. The number of amides is 4. The molecule has 0 radical (unpaired) electrons. The van der Waals surface area contributed by atoms with Crippen LogP contribution in [0.4, 0.5) is 27.5 Å². The van der Waals surface area contributed by atoms with E-state index in [9.17, 15) is 29.3 Å². The van der Waals surface area contributed by atoms with Gasteiger partial charge in [-0.25, -0.2) is 0 Å². The predicted octanol–water partition coefficient (Wildman–Crippen LogP) is 5.90. The zero-order chi connectivity index (χ0) is 31.8. The number of non-ortho nitro benzene ring substituents is 1. The first-order valence-electron chi connectivity index (χ1n) is 13.4. The van der Waals surface area contributed by atoms with Gasteiger partial charge in [0.1, 0.15) is 12.3 Å². The van der Waals surface area contributed by atoms with Gasteiger partial charge in [-0.3, -0.25) is 34.2 Å². The number of hydrogen-bond donors (Lipinski definition) is 2. The van der Waals surface area contributed by atoms with Crippen molar-refractivity contribution in [3.63, 3.8) is 0 Å². The number of halogens is 1. The maximum atomic E-state index is 13.1. The van der Waals surface area contributed by atoms with Crippen molar-refractivity contribution in [2.75, 3.05) is 41.8 Å². The van der Waals surface area contributed by atoms with Gasteiger partial charge in [-0.1, -0.05) is 22.0 Å². The Kier molecular flexibility index (Phi) is 10.7. The number of imide groups is 1. The molecule has 1 saturated heterocycles. The van der Waals surface area contributed by atoms with E-state index in [4.69, 9.17) is 4.74 Å². The second-order valence-electron chi connectivity index (χ2n) is 9.36. The zero-order valence-electron chi connectivity index (χ0n) is 23.7. The molecule has 14 heteroatoms. The average Bonchev–Trinajstić information content (AvgIpc) is 3.26. The molecule has 228 valence electrons. The van der Waals surface area contributed by atoms with E-state index in [-0.39, 0.29) is 22.0 Å². The molecule has 4 rings (SSSR count). The summed E-state index contributed by atoms with van der Waals surface area (Å²) >= 11 is 4.02. The third-order valence-corrected chi connectivity index (χ3v) is 7.85. The van der Waals surface area contributed by atoms with Crippen LogP contribution in [0.15, 0.2) is 76.1 Å². The highest BCUT2D eigenvalue weighted by Gasteiger charge is 2.36. The van der Waals surface area contributed by atoms with Gasteiger partial charge in [-0.15, -0.1) is 0 Å². The van der Waals surface area contributed by atoms with E-state index in [0.717, 1.165) is 15.1 Å². The van der Waals surface area contributed by atoms with Gasteiger partial charge in [0, 0.05) is 58.4 Å². The van der Waals surface area contributed by atoms with Crippen LogP contribution in [0.25, 0.3) is 6.08 Å². The van der Waals surface area contributed by atoms with Crippen molar-refractivity contribution in [3.8, 4) is 5.75 Å². The molecule has 3 aromatic rings. The number of nitro groups is 1. The van der Waals surface area contributed by atoms with E-state index < -0.39 is 41.0 Å². The van der Waals surface area contributed by atoms with Crippen molar-refractivity contribution in [2.24, 2.45) is 0 Å². The predicted molar refractivity (Wildman–Crippen MR) is 173 cm³/mol. The van der Waals surface area contributed by atoms with Crippen molar-refractivity contribution in [2.45, 2.75) is 13.8 Å². The summed E-state index contributed by atoms with van der Waals surface area (Å²) in [7, 11) is 0. The van der Waals surface area contributed by atoms with Crippen LogP contribution in [-0.4, -0.2) is 59.0 Å². The van der Waals surface area contributed by atoms with E-state index in [0.29, 0.717) is 36.1 Å². The minimum atomic E-state index is -0.631. The number of nitrogens with one attached hydrogen (secondary N) is 2. The minimum absolute atomic E-state index is 0.0907. The summed E-state index contributed by atoms with van der Waals surface area (Å²) in [4.78, 5) is 64.6. The monoisotopic (exact) mass is 681 g/mol. The number of thioether (sulfide) groups is 1. The molecule has 3 aromatic carbocycles. The number of hydrogen-bond acceptors (Lipinski definition) is 9. The van der Waals surface area contributed by atoms with Crippen molar-refractivity contribution < 1.29 is 28.8 Å². The van der Waals surface area contributed by atoms with E-state index in [1.807, 2.05) is 19.9 Å². The smallest absolute Gasteiger partial charge is 0.294 e. The number of ether oxygens (including phenoxy) is 1. The second-order valence-corrected chi connectivity index (χ2v) is 11.3. The first-order chi connectivity index (χ1) is 21.1. The molecule has 0 bridgehead atoms. The van der Waals surface area contributed by atoms with Gasteiger partial charge in [-0.2, -0.15) is 0 Å². The fourth-order valence-corrected chi connectivity index (χ4v) is 5.34. The van der Waals surface area contributed by atoms with Gasteiger partial charge < -0.3 is 20.3 Å². The molecule has 44 heavy (non-hydrogen) atoms. The highest BCUT2D eigenvalue weighted by Crippen LogP contribution is 2.35. The van der Waals surface area contributed by atoms with Crippen molar-refractivity contribution in [3.05, 3.63) is 91.8 Å². The lowest BCUT2D eigenvalue weighted by Crippen LogP contribution is -2.36. The standard InChI is InChI=1S/C30H28BrN5O7S/c1-3-34(4-2)23-13-8-19(25(16-23)43-18-28(38)33-22-6-5-7-24(15-22)36(41)42)14-26-29(39)35(30(40)44-26)17-27(37)32-21-11-9-20(31)10-12-21/h5-16H,3-4,17-18H2,1-2H3,(H,32,37)(H,33,38)/b26-14+. The fourth-order valence-electron chi connectivity index (χ4n) is 4.25. The van der Waals surface area contributed by atoms with Crippen molar-refractivity contribution in [1.29, 1.82) is 0 Å². The summed E-state index contributed by atoms with van der Waals surface area (Å²) in [5.41, 5.74) is 1.85. The Hall–Kier alpha value is -4.69. The summed E-state index contributed by atoms with van der Waals surface area (Å²) in [5.74, 6) is -1.43. The first-order valence-corrected chi connectivity index (χ1v) is 15.1. The molecular formula is C30H28BrN5O7S. The van der Waals surface area contributed by atoms with Gasteiger partial charge >= 0.3 is 0 Å². The molecule has 0 atom stereocenters. The molecule has 2 N–H and O–H groups in total. The van der Waals surface area contributed by atoms with E-state index in [1.54, 1.807) is 36.4 Å². The van der Waals surface area contributed by atoms with Crippen LogP contribution in [0.5, 0.6) is 5.75 Å². The Morgan fingerprint density at radius 1 is 1.00 bits per heavy atom. The molecule has 1 heterocycles. The summed E-state index contributed by atoms with van der Waals surface area (Å²) < 4.78 is 6.70. The summed E-state index contributed by atoms with van der Waals surface area (Å²) in [5, 5.41) is 15.7. The quantitative estimate of drug-likeness (QED) is 0.135. The topological polar surface area (TPSA) is 151 Å². The minimum Gasteiger partial charge on any atom is -0.483 e. The second kappa shape index (κ2) is 14.7. The number of nitro benzene ring substituents is 1. The van der Waals surface area contributed by atoms with Crippen LogP contribution in [-0.2, 0) is 14.4 Å². The van der Waals surface area contributed by atoms with Crippen LogP contribution < -0.4 is 20.3 Å². The Morgan fingerprint density at radius 3 is 2.39 bits per heavy atom. The molecule has 1 fully saturated rings. The van der Waals surface area contributed by atoms with Crippen LogP contribution in [0.3, 0.4) is 0 Å². The molecule has 4 amide bonds. The number of carbonyl (C=O) groups excluding carboxylic acids is 4. The van der Waals surface area contributed by atoms with E-state index in [1.165, 1.54) is 30.3 Å². The van der Waals surface area contributed by atoms with Crippen LogP contribution in [0.1, 0.15) is 19.4 Å². The molecule has 12 nitrogen and oxygen atoms in total. The fraction of sp³-hybridized carbons (Fsp3) is 0.200. The molecule has 0 unspecified atom stereocenters. The molecule has 0 saturated carbocycles.